The van der Waals surface area contributed by atoms with Crippen LogP contribution in [-0.4, -0.2) is 10.8 Å². The summed E-state index contributed by atoms with van der Waals surface area (Å²) in [6.07, 6.45) is 1.71. The fourth-order valence-corrected chi connectivity index (χ4v) is 1.97. The molecule has 2 rings (SSSR count). The number of aromatic nitrogens is 1. The minimum Gasteiger partial charge on any atom is -0.391 e. The van der Waals surface area contributed by atoms with Crippen LogP contribution in [0.3, 0.4) is 0 Å². The average Bonchev–Trinajstić information content (AvgIpc) is 2.71. The molecule has 102 valence electrons. The fraction of sp³-hybridized carbons (Fsp3) is 0.250. The molecule has 0 amide bonds. The van der Waals surface area contributed by atoms with Gasteiger partial charge in [-0.2, -0.15) is 5.26 Å². The van der Waals surface area contributed by atoms with E-state index in [1.54, 1.807) is 12.3 Å². The normalized spacial score (nSPS) is 10.7. The molecular formula is C16H17N3O. The first kappa shape index (κ1) is 13.9. The molecule has 0 saturated carbocycles. The molecule has 2 aromatic rings. The summed E-state index contributed by atoms with van der Waals surface area (Å²) < 4.78 is 2.10. The van der Waals surface area contributed by atoms with Crippen molar-refractivity contribution in [3.63, 3.8) is 0 Å². The molecule has 0 fully saturated rings. The SMILES string of the molecule is Cc1cc(/C=N\OCc2ccccc2C#N)c(C)n1C. The van der Waals surface area contributed by atoms with Crippen molar-refractivity contribution in [1.29, 1.82) is 5.26 Å². The van der Waals surface area contributed by atoms with Gasteiger partial charge in [0, 0.05) is 29.6 Å². The van der Waals surface area contributed by atoms with E-state index >= 15 is 0 Å². The van der Waals surface area contributed by atoms with E-state index in [-0.39, 0.29) is 0 Å². The Hall–Kier alpha value is -2.54. The highest BCUT2D eigenvalue weighted by molar-refractivity contribution is 5.81. The standard InChI is InChI=1S/C16H17N3O/c1-12-8-16(13(2)19(12)3)10-18-20-11-15-7-5-4-6-14(15)9-17/h4-8,10H,11H2,1-3H3/b18-10-. The van der Waals surface area contributed by atoms with E-state index in [4.69, 9.17) is 10.1 Å². The van der Waals surface area contributed by atoms with Crippen LogP contribution < -0.4 is 0 Å². The number of rotatable bonds is 4. The average molecular weight is 267 g/mol. The maximum Gasteiger partial charge on any atom is 0.143 e. The van der Waals surface area contributed by atoms with E-state index in [1.807, 2.05) is 39.1 Å². The molecular weight excluding hydrogens is 250 g/mol. The van der Waals surface area contributed by atoms with Crippen LogP contribution in [0.25, 0.3) is 0 Å². The van der Waals surface area contributed by atoms with E-state index < -0.39 is 0 Å². The summed E-state index contributed by atoms with van der Waals surface area (Å²) >= 11 is 0. The van der Waals surface area contributed by atoms with Crippen LogP contribution in [-0.2, 0) is 18.5 Å². The van der Waals surface area contributed by atoms with Gasteiger partial charge < -0.3 is 9.40 Å². The van der Waals surface area contributed by atoms with Gasteiger partial charge in [0.05, 0.1) is 17.8 Å². The zero-order valence-electron chi connectivity index (χ0n) is 11.9. The third-order valence-electron chi connectivity index (χ3n) is 3.44. The third kappa shape index (κ3) is 2.89. The molecule has 0 aliphatic rings. The first-order valence-corrected chi connectivity index (χ1v) is 6.39. The Kier molecular flexibility index (Phi) is 4.21. The summed E-state index contributed by atoms with van der Waals surface area (Å²) in [5.41, 5.74) is 4.83. The van der Waals surface area contributed by atoms with Crippen LogP contribution in [0.2, 0.25) is 0 Å². The predicted molar refractivity (Wildman–Crippen MR) is 78.4 cm³/mol. The molecule has 0 aliphatic carbocycles. The van der Waals surface area contributed by atoms with Crippen LogP contribution in [0.5, 0.6) is 0 Å². The van der Waals surface area contributed by atoms with Crippen molar-refractivity contribution in [2.75, 3.05) is 0 Å². The number of hydrogen-bond donors (Lipinski definition) is 0. The van der Waals surface area contributed by atoms with Gasteiger partial charge >= 0.3 is 0 Å². The Labute approximate surface area is 118 Å². The van der Waals surface area contributed by atoms with Crippen LogP contribution in [0.15, 0.2) is 35.5 Å². The largest absolute Gasteiger partial charge is 0.391 e. The van der Waals surface area contributed by atoms with Gasteiger partial charge in [0.25, 0.3) is 0 Å². The molecule has 0 N–H and O–H groups in total. The Bertz CT molecular complexity index is 678. The van der Waals surface area contributed by atoms with E-state index in [1.165, 1.54) is 5.69 Å². The Morgan fingerprint density at radius 3 is 2.75 bits per heavy atom. The number of aryl methyl sites for hydroxylation is 1. The summed E-state index contributed by atoms with van der Waals surface area (Å²) in [6, 6.07) is 11.6. The van der Waals surface area contributed by atoms with Gasteiger partial charge in [-0.3, -0.25) is 0 Å². The number of benzene rings is 1. The third-order valence-corrected chi connectivity index (χ3v) is 3.44. The van der Waals surface area contributed by atoms with Crippen LogP contribution in [0, 0.1) is 25.2 Å². The summed E-state index contributed by atoms with van der Waals surface area (Å²) in [5.74, 6) is 0. The van der Waals surface area contributed by atoms with Crippen molar-refractivity contribution in [3.05, 3.63) is 58.4 Å². The number of nitrogens with zero attached hydrogens (tertiary/aromatic N) is 3. The molecule has 0 atom stereocenters. The minimum atomic E-state index is 0.297. The highest BCUT2D eigenvalue weighted by Crippen LogP contribution is 2.12. The molecule has 1 aromatic carbocycles. The van der Waals surface area contributed by atoms with E-state index in [0.717, 1.165) is 16.8 Å². The lowest BCUT2D eigenvalue weighted by molar-refractivity contribution is 0.132. The lowest BCUT2D eigenvalue weighted by Gasteiger charge is -2.01. The van der Waals surface area contributed by atoms with Crippen molar-refractivity contribution in [3.8, 4) is 6.07 Å². The molecule has 1 aromatic heterocycles. The van der Waals surface area contributed by atoms with Gasteiger partial charge in [0.2, 0.25) is 0 Å². The van der Waals surface area contributed by atoms with E-state index in [0.29, 0.717) is 12.2 Å². The molecule has 4 heteroatoms. The summed E-state index contributed by atoms with van der Waals surface area (Å²) in [4.78, 5) is 5.28. The summed E-state index contributed by atoms with van der Waals surface area (Å²) in [7, 11) is 2.02. The second-order valence-electron chi connectivity index (χ2n) is 4.66. The lowest BCUT2D eigenvalue weighted by atomic mass is 10.1. The van der Waals surface area contributed by atoms with Gasteiger partial charge in [-0.05, 0) is 26.0 Å². The monoisotopic (exact) mass is 267 g/mol. The minimum absolute atomic E-state index is 0.297. The lowest BCUT2D eigenvalue weighted by Crippen LogP contribution is -1.95. The van der Waals surface area contributed by atoms with E-state index in [9.17, 15) is 0 Å². The van der Waals surface area contributed by atoms with Crippen LogP contribution in [0.1, 0.15) is 28.1 Å². The van der Waals surface area contributed by atoms with Gasteiger partial charge in [-0.25, -0.2) is 0 Å². The Balaban J connectivity index is 2.01. The Morgan fingerprint density at radius 1 is 1.35 bits per heavy atom. The first-order valence-electron chi connectivity index (χ1n) is 6.39. The molecule has 0 spiro atoms. The predicted octanol–water partition coefficient (Wildman–Crippen LogP) is 3.06. The molecule has 20 heavy (non-hydrogen) atoms. The van der Waals surface area contributed by atoms with Crippen LogP contribution in [0.4, 0.5) is 0 Å². The topological polar surface area (TPSA) is 50.3 Å². The van der Waals surface area contributed by atoms with Gasteiger partial charge in [0.15, 0.2) is 0 Å². The first-order chi connectivity index (χ1) is 9.63. The summed E-state index contributed by atoms with van der Waals surface area (Å²) in [6.45, 7) is 4.39. The number of oxime groups is 1. The van der Waals surface area contributed by atoms with Crippen molar-refractivity contribution in [2.24, 2.45) is 12.2 Å². The molecule has 0 bridgehead atoms. The van der Waals surface area contributed by atoms with E-state index in [2.05, 4.69) is 21.9 Å². The Morgan fingerprint density at radius 2 is 2.10 bits per heavy atom. The van der Waals surface area contributed by atoms with Gasteiger partial charge in [-0.15, -0.1) is 0 Å². The molecule has 0 unspecified atom stereocenters. The van der Waals surface area contributed by atoms with Crippen molar-refractivity contribution in [2.45, 2.75) is 20.5 Å². The zero-order chi connectivity index (χ0) is 14.5. The van der Waals surface area contributed by atoms with Gasteiger partial charge in [0.1, 0.15) is 6.61 Å². The van der Waals surface area contributed by atoms with Crippen molar-refractivity contribution in [1.82, 2.24) is 4.57 Å². The second kappa shape index (κ2) is 6.07. The quantitative estimate of drug-likeness (QED) is 0.631. The highest BCUT2D eigenvalue weighted by Gasteiger charge is 2.04. The molecule has 4 nitrogen and oxygen atoms in total. The molecule has 0 radical (unpaired) electrons. The fourth-order valence-electron chi connectivity index (χ4n) is 1.97. The van der Waals surface area contributed by atoms with Crippen molar-refractivity contribution < 1.29 is 4.84 Å². The zero-order valence-corrected chi connectivity index (χ0v) is 11.9. The maximum absolute atomic E-state index is 8.98. The maximum atomic E-state index is 8.98. The summed E-state index contributed by atoms with van der Waals surface area (Å²) in [5, 5.41) is 13.0. The van der Waals surface area contributed by atoms with Gasteiger partial charge in [-0.1, -0.05) is 23.4 Å². The van der Waals surface area contributed by atoms with Crippen molar-refractivity contribution >= 4 is 6.21 Å². The number of hydrogen-bond acceptors (Lipinski definition) is 3. The molecule has 1 heterocycles. The highest BCUT2D eigenvalue weighted by atomic mass is 16.6. The number of nitriles is 1. The second-order valence-corrected chi connectivity index (χ2v) is 4.66. The smallest absolute Gasteiger partial charge is 0.143 e. The molecule has 0 saturated heterocycles. The van der Waals surface area contributed by atoms with Crippen LogP contribution >= 0.6 is 0 Å². The molecule has 0 aliphatic heterocycles.